The zero-order valence-corrected chi connectivity index (χ0v) is 12.4. The van der Waals surface area contributed by atoms with Gasteiger partial charge < -0.3 is 19.5 Å². The molecule has 0 aliphatic carbocycles. The maximum absolute atomic E-state index is 10.4. The Morgan fingerprint density at radius 3 is 2.95 bits per heavy atom. The maximum Gasteiger partial charge on any atom is 0.234 e. The molecule has 20 heavy (non-hydrogen) atoms. The molecule has 2 heterocycles. The molecular weight excluding hydrogens is 282 g/mol. The van der Waals surface area contributed by atoms with Crippen molar-refractivity contribution in [3.8, 4) is 5.88 Å². The van der Waals surface area contributed by atoms with Gasteiger partial charge in [-0.3, -0.25) is 9.78 Å². The van der Waals surface area contributed by atoms with Crippen LogP contribution in [0.3, 0.4) is 0 Å². The number of carbonyl (C=O) groups is 1. The lowest BCUT2D eigenvalue weighted by molar-refractivity contribution is -0.147. The zero-order chi connectivity index (χ0) is 14.6. The summed E-state index contributed by atoms with van der Waals surface area (Å²) in [5, 5.41) is 2.42. The number of rotatable bonds is 6. The van der Waals surface area contributed by atoms with Crippen molar-refractivity contribution in [3.05, 3.63) is 12.4 Å². The lowest BCUT2D eigenvalue weighted by Gasteiger charge is -2.26. The number of nitrogens with one attached hydrogen (secondary N) is 1. The Morgan fingerprint density at radius 2 is 2.35 bits per heavy atom. The molecule has 1 N–H and O–H groups in total. The van der Waals surface area contributed by atoms with Crippen LogP contribution in [0.5, 0.6) is 5.88 Å². The third kappa shape index (κ3) is 3.59. The SMILES string of the molecule is CSC1(COc2cncc(NC=O)n2)COC(C)(C)O1. The molecule has 1 aromatic rings. The van der Waals surface area contributed by atoms with E-state index in [-0.39, 0.29) is 6.61 Å². The number of hydrogen-bond acceptors (Lipinski definition) is 7. The van der Waals surface area contributed by atoms with Gasteiger partial charge in [-0.05, 0) is 20.1 Å². The molecule has 0 aromatic carbocycles. The van der Waals surface area contributed by atoms with E-state index in [4.69, 9.17) is 14.2 Å². The van der Waals surface area contributed by atoms with Crippen LogP contribution in [0.25, 0.3) is 0 Å². The van der Waals surface area contributed by atoms with E-state index >= 15 is 0 Å². The van der Waals surface area contributed by atoms with E-state index in [2.05, 4.69) is 15.3 Å². The van der Waals surface area contributed by atoms with Crippen molar-refractivity contribution in [2.45, 2.75) is 24.6 Å². The van der Waals surface area contributed by atoms with Gasteiger partial charge in [0.1, 0.15) is 6.61 Å². The number of amides is 1. The molecule has 1 fully saturated rings. The summed E-state index contributed by atoms with van der Waals surface area (Å²) in [6.07, 6.45) is 5.38. The van der Waals surface area contributed by atoms with Crippen molar-refractivity contribution in [1.29, 1.82) is 0 Å². The largest absolute Gasteiger partial charge is 0.472 e. The predicted molar refractivity (Wildman–Crippen MR) is 74.6 cm³/mol. The summed E-state index contributed by atoms with van der Waals surface area (Å²) < 4.78 is 17.1. The molecule has 110 valence electrons. The Morgan fingerprint density at radius 1 is 1.55 bits per heavy atom. The van der Waals surface area contributed by atoms with Gasteiger partial charge >= 0.3 is 0 Å². The molecule has 1 saturated heterocycles. The first-order chi connectivity index (χ1) is 9.49. The van der Waals surface area contributed by atoms with Gasteiger partial charge in [-0.2, -0.15) is 4.98 Å². The van der Waals surface area contributed by atoms with E-state index in [0.717, 1.165) is 0 Å². The topological polar surface area (TPSA) is 82.6 Å². The number of carbonyl (C=O) groups excluding carboxylic acids is 1. The summed E-state index contributed by atoms with van der Waals surface area (Å²) in [7, 11) is 0. The minimum atomic E-state index is -0.626. The van der Waals surface area contributed by atoms with E-state index in [1.54, 1.807) is 0 Å². The first-order valence-corrected chi connectivity index (χ1v) is 7.25. The highest BCUT2D eigenvalue weighted by molar-refractivity contribution is 7.99. The van der Waals surface area contributed by atoms with Crippen LogP contribution in [-0.4, -0.2) is 46.6 Å². The van der Waals surface area contributed by atoms with Gasteiger partial charge in [-0.1, -0.05) is 0 Å². The van der Waals surface area contributed by atoms with Crippen molar-refractivity contribution in [1.82, 2.24) is 9.97 Å². The Kier molecular flexibility index (Phi) is 4.46. The second-order valence-electron chi connectivity index (χ2n) is 4.70. The Hall–Kier alpha value is -1.38. The van der Waals surface area contributed by atoms with Crippen LogP contribution < -0.4 is 10.1 Å². The molecule has 2 rings (SSSR count). The lowest BCUT2D eigenvalue weighted by atomic mass is 10.4. The number of hydrogen-bond donors (Lipinski definition) is 1. The average molecular weight is 299 g/mol. The number of anilines is 1. The molecule has 0 saturated carbocycles. The first kappa shape index (κ1) is 15.0. The molecule has 1 amide bonds. The molecular formula is C12H17N3O4S. The monoisotopic (exact) mass is 299 g/mol. The van der Waals surface area contributed by atoms with Crippen molar-refractivity contribution in [2.75, 3.05) is 24.8 Å². The summed E-state index contributed by atoms with van der Waals surface area (Å²) in [6, 6.07) is 0. The molecule has 1 aliphatic heterocycles. The normalized spacial score (nSPS) is 24.4. The smallest absolute Gasteiger partial charge is 0.234 e. The molecule has 1 unspecified atom stereocenters. The van der Waals surface area contributed by atoms with Crippen LogP contribution >= 0.6 is 11.8 Å². The van der Waals surface area contributed by atoms with Crippen molar-refractivity contribution in [2.24, 2.45) is 0 Å². The van der Waals surface area contributed by atoms with Crippen LogP contribution in [0.15, 0.2) is 12.4 Å². The average Bonchev–Trinajstić information content (AvgIpc) is 2.74. The van der Waals surface area contributed by atoms with E-state index in [0.29, 0.717) is 24.7 Å². The molecule has 8 heteroatoms. The number of aromatic nitrogens is 2. The summed E-state index contributed by atoms with van der Waals surface area (Å²) in [4.78, 5) is 17.8. The minimum absolute atomic E-state index is 0.275. The van der Waals surface area contributed by atoms with Crippen LogP contribution in [0.2, 0.25) is 0 Å². The summed E-state index contributed by atoms with van der Waals surface area (Å²) in [5.74, 6) is 0.0251. The number of ether oxygens (including phenoxy) is 3. The number of nitrogens with zero attached hydrogens (tertiary/aromatic N) is 2. The second-order valence-corrected chi connectivity index (χ2v) is 5.85. The second kappa shape index (κ2) is 5.94. The van der Waals surface area contributed by atoms with Crippen LogP contribution in [0.1, 0.15) is 13.8 Å². The summed E-state index contributed by atoms with van der Waals surface area (Å²) in [6.45, 7) is 4.43. The Bertz CT molecular complexity index is 486. The fourth-order valence-corrected chi connectivity index (χ4v) is 2.39. The molecule has 7 nitrogen and oxygen atoms in total. The zero-order valence-electron chi connectivity index (χ0n) is 11.6. The van der Waals surface area contributed by atoms with Crippen LogP contribution in [-0.2, 0) is 14.3 Å². The summed E-state index contributed by atoms with van der Waals surface area (Å²) in [5.41, 5.74) is 0. The maximum atomic E-state index is 10.4. The highest BCUT2D eigenvalue weighted by Crippen LogP contribution is 2.38. The minimum Gasteiger partial charge on any atom is -0.472 e. The highest BCUT2D eigenvalue weighted by Gasteiger charge is 2.46. The van der Waals surface area contributed by atoms with Gasteiger partial charge in [0.05, 0.1) is 19.0 Å². The van der Waals surface area contributed by atoms with Crippen LogP contribution in [0.4, 0.5) is 5.82 Å². The summed E-state index contributed by atoms with van der Waals surface area (Å²) >= 11 is 1.52. The lowest BCUT2D eigenvalue weighted by Crippen LogP contribution is -2.37. The van der Waals surface area contributed by atoms with Gasteiger partial charge in [0.15, 0.2) is 16.5 Å². The van der Waals surface area contributed by atoms with Gasteiger partial charge in [-0.15, -0.1) is 11.8 Å². The van der Waals surface area contributed by atoms with E-state index in [1.165, 1.54) is 24.2 Å². The van der Waals surface area contributed by atoms with E-state index < -0.39 is 10.7 Å². The van der Waals surface area contributed by atoms with Gasteiger partial charge in [-0.25, -0.2) is 0 Å². The van der Waals surface area contributed by atoms with Crippen molar-refractivity contribution >= 4 is 24.0 Å². The molecule has 0 spiro atoms. The van der Waals surface area contributed by atoms with Gasteiger partial charge in [0, 0.05) is 0 Å². The van der Waals surface area contributed by atoms with Gasteiger partial charge in [0.2, 0.25) is 12.3 Å². The molecule has 1 aliphatic rings. The predicted octanol–water partition coefficient (Wildman–Crippen LogP) is 1.27. The fourth-order valence-electron chi connectivity index (χ4n) is 1.75. The van der Waals surface area contributed by atoms with Gasteiger partial charge in [0.25, 0.3) is 0 Å². The molecule has 1 aromatic heterocycles. The number of thioether (sulfide) groups is 1. The fraction of sp³-hybridized carbons (Fsp3) is 0.583. The van der Waals surface area contributed by atoms with Crippen molar-refractivity contribution < 1.29 is 19.0 Å². The Labute approximate surface area is 121 Å². The highest BCUT2D eigenvalue weighted by atomic mass is 32.2. The molecule has 0 bridgehead atoms. The Balaban J connectivity index is 2.00. The van der Waals surface area contributed by atoms with Crippen molar-refractivity contribution in [3.63, 3.8) is 0 Å². The van der Waals surface area contributed by atoms with E-state index in [9.17, 15) is 4.79 Å². The first-order valence-electron chi connectivity index (χ1n) is 6.03. The third-order valence-electron chi connectivity index (χ3n) is 2.70. The van der Waals surface area contributed by atoms with Crippen LogP contribution in [0, 0.1) is 0 Å². The third-order valence-corrected chi connectivity index (χ3v) is 3.77. The molecule has 1 atom stereocenters. The molecule has 0 radical (unpaired) electrons. The van der Waals surface area contributed by atoms with E-state index in [1.807, 2.05) is 20.1 Å². The quantitative estimate of drug-likeness (QED) is 0.792. The standard InChI is InChI=1S/C12H17N3O4S/c1-11(2)18-7-12(19-11,20-3)6-17-10-5-13-4-9(15-10)14-8-16/h4-5,8H,6-7H2,1-3H3,(H,14,15,16).